The normalized spacial score (nSPS) is 11.4. The predicted octanol–water partition coefficient (Wildman–Crippen LogP) is 3.04. The Morgan fingerprint density at radius 1 is 1.07 bits per heavy atom. The van der Waals surface area contributed by atoms with E-state index in [1.165, 1.54) is 19.1 Å². The highest BCUT2D eigenvalue weighted by Crippen LogP contribution is 2.19. The highest BCUT2D eigenvalue weighted by atomic mass is 35.5. The van der Waals surface area contributed by atoms with E-state index in [1.807, 2.05) is 0 Å². The molecule has 0 aliphatic rings. The number of amides is 2. The van der Waals surface area contributed by atoms with Gasteiger partial charge in [-0.3, -0.25) is 19.7 Å². The van der Waals surface area contributed by atoms with Gasteiger partial charge in [-0.15, -0.1) is 0 Å². The van der Waals surface area contributed by atoms with Crippen LogP contribution < -0.4 is 16.0 Å². The van der Waals surface area contributed by atoms with Gasteiger partial charge in [-0.1, -0.05) is 23.7 Å². The van der Waals surface area contributed by atoms with Gasteiger partial charge in [0.1, 0.15) is 0 Å². The topological polar surface area (TPSA) is 113 Å². The molecular formula is C19H21ClN4O4. The van der Waals surface area contributed by atoms with Crippen LogP contribution in [-0.2, 0) is 9.59 Å². The maximum Gasteiger partial charge on any atom is 0.269 e. The van der Waals surface area contributed by atoms with Gasteiger partial charge >= 0.3 is 0 Å². The quantitative estimate of drug-likeness (QED) is 0.337. The molecule has 2 rings (SSSR count). The Labute approximate surface area is 167 Å². The zero-order valence-corrected chi connectivity index (χ0v) is 16.0. The van der Waals surface area contributed by atoms with Crippen LogP contribution in [0.1, 0.15) is 24.9 Å². The molecule has 0 radical (unpaired) electrons. The summed E-state index contributed by atoms with van der Waals surface area (Å²) in [5.41, 5.74) is 1.53. The van der Waals surface area contributed by atoms with Crippen molar-refractivity contribution in [3.05, 3.63) is 69.2 Å². The van der Waals surface area contributed by atoms with E-state index in [4.69, 9.17) is 11.6 Å². The summed E-state index contributed by atoms with van der Waals surface area (Å²) >= 11 is 5.88. The van der Waals surface area contributed by atoms with Crippen LogP contribution in [0, 0.1) is 10.1 Å². The van der Waals surface area contributed by atoms with Crippen LogP contribution >= 0.6 is 11.6 Å². The number of hydrogen-bond acceptors (Lipinski definition) is 5. The number of nitro benzene ring substituents is 1. The molecule has 3 N–H and O–H groups in total. The second kappa shape index (κ2) is 10.3. The van der Waals surface area contributed by atoms with Crippen molar-refractivity contribution in [1.29, 1.82) is 0 Å². The molecule has 2 aromatic carbocycles. The number of carbonyl (C=O) groups excluding carboxylic acids is 2. The molecule has 1 unspecified atom stereocenters. The summed E-state index contributed by atoms with van der Waals surface area (Å²) in [6, 6.07) is 12.5. The Balaban J connectivity index is 1.81. The summed E-state index contributed by atoms with van der Waals surface area (Å²) in [6.07, 6.45) is 0.0960. The lowest BCUT2D eigenvalue weighted by Crippen LogP contribution is -2.34. The molecule has 0 spiro atoms. The minimum absolute atomic E-state index is 0.0186. The molecule has 8 nitrogen and oxygen atoms in total. The third-order valence-corrected chi connectivity index (χ3v) is 4.15. The average molecular weight is 405 g/mol. The molecule has 0 saturated carbocycles. The van der Waals surface area contributed by atoms with E-state index in [1.54, 1.807) is 36.4 Å². The summed E-state index contributed by atoms with van der Waals surface area (Å²) in [5.74, 6) is -0.438. The first-order valence-electron chi connectivity index (χ1n) is 8.62. The van der Waals surface area contributed by atoms with Crippen molar-refractivity contribution in [2.45, 2.75) is 19.4 Å². The summed E-state index contributed by atoms with van der Waals surface area (Å²) in [4.78, 5) is 33.8. The Bertz CT molecular complexity index is 825. The number of benzene rings is 2. The molecule has 0 aliphatic heterocycles. The van der Waals surface area contributed by atoms with Gasteiger partial charge in [0.25, 0.3) is 5.69 Å². The molecule has 0 fully saturated rings. The van der Waals surface area contributed by atoms with E-state index in [2.05, 4.69) is 16.0 Å². The number of anilines is 1. The van der Waals surface area contributed by atoms with Crippen molar-refractivity contribution in [3.8, 4) is 0 Å². The molecule has 2 amide bonds. The number of hydrogen-bond donors (Lipinski definition) is 3. The van der Waals surface area contributed by atoms with E-state index >= 15 is 0 Å². The number of non-ortho nitro benzene ring substituents is 1. The van der Waals surface area contributed by atoms with Gasteiger partial charge in [0.15, 0.2) is 0 Å². The van der Waals surface area contributed by atoms with Gasteiger partial charge in [-0.05, 0) is 29.8 Å². The third kappa shape index (κ3) is 6.88. The van der Waals surface area contributed by atoms with Crippen molar-refractivity contribution >= 4 is 34.8 Å². The van der Waals surface area contributed by atoms with E-state index in [9.17, 15) is 19.7 Å². The third-order valence-electron chi connectivity index (χ3n) is 3.89. The second-order valence-corrected chi connectivity index (χ2v) is 6.53. The maximum atomic E-state index is 12.2. The van der Waals surface area contributed by atoms with Crippen molar-refractivity contribution in [2.75, 3.05) is 18.4 Å². The first-order chi connectivity index (χ1) is 13.3. The minimum Gasteiger partial charge on any atom is -0.383 e. The lowest BCUT2D eigenvalue weighted by Gasteiger charge is -2.18. The molecule has 0 saturated heterocycles. The van der Waals surface area contributed by atoms with E-state index < -0.39 is 11.0 Å². The lowest BCUT2D eigenvalue weighted by atomic mass is 10.0. The van der Waals surface area contributed by atoms with Crippen molar-refractivity contribution in [2.24, 2.45) is 0 Å². The Morgan fingerprint density at radius 3 is 2.29 bits per heavy atom. The molecule has 0 heterocycles. The summed E-state index contributed by atoms with van der Waals surface area (Å²) in [7, 11) is 0. The molecule has 1 atom stereocenters. The highest BCUT2D eigenvalue weighted by molar-refractivity contribution is 6.30. The molecule has 2 aromatic rings. The number of nitrogens with one attached hydrogen (secondary N) is 3. The number of halogens is 1. The number of nitro groups is 1. The van der Waals surface area contributed by atoms with Gasteiger partial charge in [-0.25, -0.2) is 0 Å². The van der Waals surface area contributed by atoms with Gasteiger partial charge in [0, 0.05) is 42.9 Å². The molecule has 28 heavy (non-hydrogen) atoms. The Kier molecular flexibility index (Phi) is 7.76. The summed E-state index contributed by atoms with van der Waals surface area (Å²) in [5, 5.41) is 19.8. The summed E-state index contributed by atoms with van der Waals surface area (Å²) < 4.78 is 0. The first kappa shape index (κ1) is 21.2. The fraction of sp³-hybridized carbons (Fsp3) is 0.263. The SMILES string of the molecule is CC(=O)NC(CC(=O)NCCNc1ccc([N+](=O)[O-])cc1)c1ccc(Cl)cc1. The Morgan fingerprint density at radius 2 is 1.71 bits per heavy atom. The fourth-order valence-corrected chi connectivity index (χ4v) is 2.69. The van der Waals surface area contributed by atoms with Crippen LogP contribution in [0.4, 0.5) is 11.4 Å². The highest BCUT2D eigenvalue weighted by Gasteiger charge is 2.17. The minimum atomic E-state index is -0.462. The number of nitrogens with zero attached hydrogens (tertiary/aromatic N) is 1. The lowest BCUT2D eigenvalue weighted by molar-refractivity contribution is -0.384. The predicted molar refractivity (Wildman–Crippen MR) is 107 cm³/mol. The first-order valence-corrected chi connectivity index (χ1v) is 9.00. The van der Waals surface area contributed by atoms with Crippen LogP contribution in [0.15, 0.2) is 48.5 Å². The van der Waals surface area contributed by atoms with Crippen LogP contribution in [0.3, 0.4) is 0 Å². The smallest absolute Gasteiger partial charge is 0.269 e. The molecular weight excluding hydrogens is 384 g/mol. The Hall–Kier alpha value is -3.13. The zero-order chi connectivity index (χ0) is 20.5. The number of rotatable bonds is 9. The van der Waals surface area contributed by atoms with Gasteiger partial charge in [-0.2, -0.15) is 0 Å². The average Bonchev–Trinajstić information content (AvgIpc) is 2.65. The molecule has 148 valence electrons. The van der Waals surface area contributed by atoms with E-state index in [-0.39, 0.29) is 23.9 Å². The van der Waals surface area contributed by atoms with Crippen molar-refractivity contribution in [1.82, 2.24) is 10.6 Å². The van der Waals surface area contributed by atoms with Crippen molar-refractivity contribution < 1.29 is 14.5 Å². The van der Waals surface area contributed by atoms with Crippen LogP contribution in [-0.4, -0.2) is 29.8 Å². The largest absolute Gasteiger partial charge is 0.383 e. The standard InChI is InChI=1S/C19H21ClN4O4/c1-13(25)23-18(14-2-4-15(20)5-3-14)12-19(26)22-11-10-21-16-6-8-17(9-7-16)24(27)28/h2-9,18,21H,10-12H2,1H3,(H,22,26)(H,23,25). The van der Waals surface area contributed by atoms with Crippen LogP contribution in [0.25, 0.3) is 0 Å². The maximum absolute atomic E-state index is 12.2. The summed E-state index contributed by atoms with van der Waals surface area (Å²) in [6.45, 7) is 2.22. The molecule has 0 aliphatic carbocycles. The molecule has 0 bridgehead atoms. The second-order valence-electron chi connectivity index (χ2n) is 6.09. The van der Waals surface area contributed by atoms with Gasteiger partial charge in [0.05, 0.1) is 17.4 Å². The fourth-order valence-electron chi connectivity index (χ4n) is 2.56. The molecule has 0 aromatic heterocycles. The van der Waals surface area contributed by atoms with Crippen molar-refractivity contribution in [3.63, 3.8) is 0 Å². The monoisotopic (exact) mass is 404 g/mol. The molecule has 9 heteroatoms. The van der Waals surface area contributed by atoms with Crippen LogP contribution in [0.2, 0.25) is 5.02 Å². The van der Waals surface area contributed by atoms with E-state index in [0.29, 0.717) is 18.1 Å². The van der Waals surface area contributed by atoms with Gasteiger partial charge in [0.2, 0.25) is 11.8 Å². The zero-order valence-electron chi connectivity index (χ0n) is 15.3. The van der Waals surface area contributed by atoms with Crippen LogP contribution in [0.5, 0.6) is 0 Å². The van der Waals surface area contributed by atoms with Gasteiger partial charge < -0.3 is 16.0 Å². The number of carbonyl (C=O) groups is 2. The van der Waals surface area contributed by atoms with E-state index in [0.717, 1.165) is 11.3 Å².